The Morgan fingerprint density at radius 2 is 1.72 bits per heavy atom. The van der Waals surface area contributed by atoms with E-state index in [1.54, 1.807) is 24.1 Å². The fourth-order valence-corrected chi connectivity index (χ4v) is 2.31. The maximum Gasteiger partial charge on any atom is 0.315 e. The Morgan fingerprint density at radius 1 is 1.08 bits per heavy atom. The van der Waals surface area contributed by atoms with Gasteiger partial charge in [0.25, 0.3) is 0 Å². The Kier molecular flexibility index (Phi) is 6.39. The van der Waals surface area contributed by atoms with E-state index in [0.717, 1.165) is 11.1 Å². The lowest BCUT2D eigenvalue weighted by atomic mass is 10.1. The lowest BCUT2D eigenvalue weighted by Gasteiger charge is -2.24. The molecule has 0 aliphatic heterocycles. The number of nitrogens with one attached hydrogen (secondary N) is 2. The molecule has 25 heavy (non-hydrogen) atoms. The Morgan fingerprint density at radius 3 is 2.32 bits per heavy atom. The minimum absolute atomic E-state index is 0.156. The van der Waals surface area contributed by atoms with Crippen molar-refractivity contribution >= 4 is 17.6 Å². The lowest BCUT2D eigenvalue weighted by molar-refractivity contribution is -0.131. The summed E-state index contributed by atoms with van der Waals surface area (Å²) >= 11 is 0. The number of carbonyl (C=O) groups excluding carboxylic acids is 2. The number of urea groups is 1. The number of nitrogens with two attached hydrogens (primary N) is 1. The van der Waals surface area contributed by atoms with Crippen LogP contribution in [0.25, 0.3) is 0 Å². The van der Waals surface area contributed by atoms with Crippen molar-refractivity contribution in [3.8, 4) is 0 Å². The predicted octanol–water partition coefficient (Wildman–Crippen LogP) is 2.29. The summed E-state index contributed by atoms with van der Waals surface area (Å²) in [5.74, 6) is -0.156. The molecule has 6 nitrogen and oxygen atoms in total. The van der Waals surface area contributed by atoms with Gasteiger partial charge in [0.1, 0.15) is 6.04 Å². The molecule has 0 spiro atoms. The van der Waals surface area contributed by atoms with Gasteiger partial charge in [-0.2, -0.15) is 0 Å². The van der Waals surface area contributed by atoms with Crippen molar-refractivity contribution in [1.82, 2.24) is 15.5 Å². The second-order valence-corrected chi connectivity index (χ2v) is 5.76. The third-order valence-corrected chi connectivity index (χ3v) is 3.94. The zero-order chi connectivity index (χ0) is 18.2. The van der Waals surface area contributed by atoms with Crippen LogP contribution in [0.3, 0.4) is 0 Å². The van der Waals surface area contributed by atoms with Crippen molar-refractivity contribution in [3.05, 3.63) is 65.7 Å². The van der Waals surface area contributed by atoms with E-state index in [1.807, 2.05) is 49.4 Å². The number of nitrogens with zero attached hydrogens (tertiary/aromatic N) is 1. The van der Waals surface area contributed by atoms with E-state index in [2.05, 4.69) is 10.6 Å². The molecule has 0 bridgehead atoms. The number of rotatable bonds is 6. The first kappa shape index (κ1) is 18.3. The van der Waals surface area contributed by atoms with Crippen molar-refractivity contribution in [2.45, 2.75) is 19.5 Å². The number of likely N-dealkylation sites (N-methyl/N-ethyl adjacent to an activating group) is 1. The molecule has 0 aliphatic carbocycles. The van der Waals surface area contributed by atoms with Gasteiger partial charge < -0.3 is 21.3 Å². The lowest BCUT2D eigenvalue weighted by Crippen LogP contribution is -2.44. The molecule has 0 heterocycles. The molecule has 0 saturated carbocycles. The smallest absolute Gasteiger partial charge is 0.315 e. The molecule has 0 aromatic heterocycles. The molecule has 6 heteroatoms. The van der Waals surface area contributed by atoms with Gasteiger partial charge in [0.15, 0.2) is 0 Å². The summed E-state index contributed by atoms with van der Waals surface area (Å²) < 4.78 is 0. The van der Waals surface area contributed by atoms with Crippen LogP contribution in [-0.2, 0) is 11.3 Å². The maximum atomic E-state index is 12.6. The van der Waals surface area contributed by atoms with E-state index in [0.29, 0.717) is 18.8 Å². The molecule has 1 unspecified atom stereocenters. The van der Waals surface area contributed by atoms with Crippen molar-refractivity contribution in [2.24, 2.45) is 0 Å². The normalized spacial score (nSPS) is 11.4. The molecular weight excluding hydrogens is 316 g/mol. The standard InChI is InChI=1S/C19H24N4O2/c1-3-23(2)18(24)17(15-7-5-4-6-8-15)22-19(25)21-13-14-9-11-16(20)12-10-14/h4-12,17H,3,13,20H2,1-2H3,(H2,21,22,25). The van der Waals surface area contributed by atoms with Gasteiger partial charge in [-0.1, -0.05) is 42.5 Å². The topological polar surface area (TPSA) is 87.5 Å². The summed E-state index contributed by atoms with van der Waals surface area (Å²) in [6.45, 7) is 2.81. The van der Waals surface area contributed by atoms with Crippen LogP contribution in [0.5, 0.6) is 0 Å². The number of carbonyl (C=O) groups is 2. The van der Waals surface area contributed by atoms with Gasteiger partial charge in [-0.3, -0.25) is 4.79 Å². The van der Waals surface area contributed by atoms with Crippen LogP contribution in [0.4, 0.5) is 10.5 Å². The molecule has 132 valence electrons. The molecule has 0 saturated heterocycles. The predicted molar refractivity (Wildman–Crippen MR) is 98.7 cm³/mol. The van der Waals surface area contributed by atoms with Gasteiger partial charge in [-0.05, 0) is 30.2 Å². The Bertz CT molecular complexity index is 701. The first-order chi connectivity index (χ1) is 12.0. The van der Waals surface area contributed by atoms with Crippen LogP contribution in [0.15, 0.2) is 54.6 Å². The fourth-order valence-electron chi connectivity index (χ4n) is 2.31. The van der Waals surface area contributed by atoms with Crippen LogP contribution in [0.2, 0.25) is 0 Å². The van der Waals surface area contributed by atoms with E-state index in [-0.39, 0.29) is 5.91 Å². The minimum Gasteiger partial charge on any atom is -0.399 e. The molecular formula is C19H24N4O2. The van der Waals surface area contributed by atoms with E-state index in [4.69, 9.17) is 5.73 Å². The highest BCUT2D eigenvalue weighted by Gasteiger charge is 2.24. The van der Waals surface area contributed by atoms with E-state index in [1.165, 1.54) is 0 Å². The first-order valence-electron chi connectivity index (χ1n) is 8.20. The molecule has 2 aromatic rings. The first-order valence-corrected chi connectivity index (χ1v) is 8.20. The highest BCUT2D eigenvalue weighted by molar-refractivity contribution is 5.88. The van der Waals surface area contributed by atoms with Gasteiger partial charge >= 0.3 is 6.03 Å². The summed E-state index contributed by atoms with van der Waals surface area (Å²) in [5.41, 5.74) is 7.99. The number of anilines is 1. The Labute approximate surface area is 148 Å². The summed E-state index contributed by atoms with van der Waals surface area (Å²) in [4.78, 5) is 26.4. The van der Waals surface area contributed by atoms with Gasteiger partial charge in [-0.15, -0.1) is 0 Å². The van der Waals surface area contributed by atoms with Crippen LogP contribution in [0, 0.1) is 0 Å². The number of nitrogen functional groups attached to an aromatic ring is 1. The van der Waals surface area contributed by atoms with E-state index < -0.39 is 12.1 Å². The van der Waals surface area contributed by atoms with Crippen LogP contribution in [-0.4, -0.2) is 30.4 Å². The number of amides is 3. The molecule has 0 aliphatic rings. The molecule has 2 rings (SSSR count). The van der Waals surface area contributed by atoms with Crippen LogP contribution in [0.1, 0.15) is 24.1 Å². The van der Waals surface area contributed by atoms with Gasteiger partial charge in [-0.25, -0.2) is 4.79 Å². The Balaban J connectivity index is 2.04. The number of hydrogen-bond acceptors (Lipinski definition) is 3. The third kappa shape index (κ3) is 5.24. The minimum atomic E-state index is -0.724. The highest BCUT2D eigenvalue weighted by atomic mass is 16.2. The van der Waals surface area contributed by atoms with Crippen molar-refractivity contribution < 1.29 is 9.59 Å². The number of hydrogen-bond donors (Lipinski definition) is 3. The molecule has 0 fully saturated rings. The molecule has 4 N–H and O–H groups in total. The SMILES string of the molecule is CCN(C)C(=O)C(NC(=O)NCc1ccc(N)cc1)c1ccccc1. The zero-order valence-corrected chi connectivity index (χ0v) is 14.5. The van der Waals surface area contributed by atoms with Crippen molar-refractivity contribution in [2.75, 3.05) is 19.3 Å². The fraction of sp³-hybridized carbons (Fsp3) is 0.263. The highest BCUT2D eigenvalue weighted by Crippen LogP contribution is 2.15. The molecule has 0 radical (unpaired) electrons. The van der Waals surface area contributed by atoms with Crippen LogP contribution >= 0.6 is 0 Å². The second-order valence-electron chi connectivity index (χ2n) is 5.76. The quantitative estimate of drug-likeness (QED) is 0.705. The monoisotopic (exact) mass is 340 g/mol. The average Bonchev–Trinajstić information content (AvgIpc) is 2.65. The van der Waals surface area contributed by atoms with Crippen molar-refractivity contribution in [1.29, 1.82) is 0 Å². The number of benzene rings is 2. The third-order valence-electron chi connectivity index (χ3n) is 3.94. The molecule has 3 amide bonds. The van der Waals surface area contributed by atoms with E-state index in [9.17, 15) is 9.59 Å². The summed E-state index contributed by atoms with van der Waals surface area (Å²) in [6.07, 6.45) is 0. The summed E-state index contributed by atoms with van der Waals surface area (Å²) in [5, 5.41) is 5.53. The summed E-state index contributed by atoms with van der Waals surface area (Å²) in [7, 11) is 1.71. The summed E-state index contributed by atoms with van der Waals surface area (Å²) in [6, 6.07) is 15.3. The van der Waals surface area contributed by atoms with Gasteiger partial charge in [0.05, 0.1) is 0 Å². The average molecular weight is 340 g/mol. The largest absolute Gasteiger partial charge is 0.399 e. The second kappa shape index (κ2) is 8.73. The zero-order valence-electron chi connectivity index (χ0n) is 14.5. The maximum absolute atomic E-state index is 12.6. The van der Waals surface area contributed by atoms with E-state index >= 15 is 0 Å². The van der Waals surface area contributed by atoms with Gasteiger partial charge in [0, 0.05) is 25.8 Å². The van der Waals surface area contributed by atoms with Crippen LogP contribution < -0.4 is 16.4 Å². The van der Waals surface area contributed by atoms with Crippen molar-refractivity contribution in [3.63, 3.8) is 0 Å². The molecule has 2 aromatic carbocycles. The van der Waals surface area contributed by atoms with Gasteiger partial charge in [0.2, 0.25) is 5.91 Å². The Hall–Kier alpha value is -3.02. The molecule has 1 atom stereocenters.